The highest BCUT2D eigenvalue weighted by atomic mass is 35.5. The average molecular weight is 455 g/mol. The fourth-order valence-electron chi connectivity index (χ4n) is 3.26. The topological polar surface area (TPSA) is 73.4 Å². The van der Waals surface area contributed by atoms with Crippen LogP contribution >= 0.6 is 20.8 Å². The van der Waals surface area contributed by atoms with Gasteiger partial charge in [-0.3, -0.25) is 4.79 Å². The number of carbonyl (C=O) groups is 1. The number of likely N-dealkylation sites (N-methyl/N-ethyl adjacent to an activating group) is 1. The molecule has 1 aliphatic heterocycles. The highest BCUT2D eigenvalue weighted by Gasteiger charge is 2.20. The van der Waals surface area contributed by atoms with Gasteiger partial charge in [-0.1, -0.05) is 17.7 Å². The molecule has 4 rings (SSSR count). The summed E-state index contributed by atoms with van der Waals surface area (Å²) in [4.78, 5) is 25.6. The summed E-state index contributed by atoms with van der Waals surface area (Å²) in [5.74, 6) is 1.17. The van der Waals surface area contributed by atoms with Crippen molar-refractivity contribution in [2.75, 3.05) is 43.9 Å². The highest BCUT2D eigenvalue weighted by molar-refractivity contribution is 7.28. The number of nitrogens with one attached hydrogen (secondary N) is 2. The number of halogens is 1. The van der Waals surface area contributed by atoms with Gasteiger partial charge in [-0.15, -0.1) is 9.24 Å². The molecule has 1 atom stereocenters. The van der Waals surface area contributed by atoms with Crippen LogP contribution in [0, 0.1) is 0 Å². The van der Waals surface area contributed by atoms with Crippen molar-refractivity contribution in [3.63, 3.8) is 0 Å². The molecular formula is C22H24ClN6OP. The van der Waals surface area contributed by atoms with Crippen molar-refractivity contribution in [2.45, 2.75) is 0 Å². The Morgan fingerprint density at radius 1 is 1.00 bits per heavy atom. The third-order valence-corrected chi connectivity index (χ3v) is 6.12. The Kier molecular flexibility index (Phi) is 6.66. The molecule has 1 aliphatic rings. The van der Waals surface area contributed by atoms with E-state index in [4.69, 9.17) is 11.6 Å². The number of hydrogen-bond donors (Lipinski definition) is 2. The summed E-state index contributed by atoms with van der Waals surface area (Å²) in [5.41, 5.74) is 2.33. The van der Waals surface area contributed by atoms with Crippen LogP contribution in [-0.4, -0.2) is 58.9 Å². The molecule has 9 heteroatoms. The minimum absolute atomic E-state index is 0.0669. The zero-order valence-electron chi connectivity index (χ0n) is 17.2. The number of nitrogens with zero attached hydrogens (tertiary/aromatic N) is 4. The van der Waals surface area contributed by atoms with E-state index in [9.17, 15) is 4.79 Å². The first kappa shape index (κ1) is 21.5. The summed E-state index contributed by atoms with van der Waals surface area (Å²) in [6.07, 6.45) is 1.68. The zero-order chi connectivity index (χ0) is 21.8. The lowest BCUT2D eigenvalue weighted by atomic mass is 10.1. The average Bonchev–Trinajstić information content (AvgIpc) is 2.77. The van der Waals surface area contributed by atoms with Crippen LogP contribution in [-0.2, 0) is 0 Å². The van der Waals surface area contributed by atoms with Crippen LogP contribution in [0.2, 0.25) is 5.02 Å². The summed E-state index contributed by atoms with van der Waals surface area (Å²) in [6.45, 7) is 3.32. The van der Waals surface area contributed by atoms with E-state index in [2.05, 4.69) is 41.8 Å². The van der Waals surface area contributed by atoms with Crippen molar-refractivity contribution in [1.29, 1.82) is 0 Å². The summed E-state index contributed by atoms with van der Waals surface area (Å²) in [5, 5.41) is 8.00. The zero-order valence-corrected chi connectivity index (χ0v) is 19.1. The molecule has 160 valence electrons. The third-order valence-electron chi connectivity index (χ3n) is 5.11. The summed E-state index contributed by atoms with van der Waals surface area (Å²) in [7, 11) is 4.67. The second-order valence-electron chi connectivity index (χ2n) is 7.42. The number of carbonyl (C=O) groups excluding carboxylic acids is 1. The van der Waals surface area contributed by atoms with E-state index in [0.717, 1.165) is 42.9 Å². The Morgan fingerprint density at radius 3 is 2.42 bits per heavy atom. The van der Waals surface area contributed by atoms with E-state index in [1.54, 1.807) is 12.3 Å². The lowest BCUT2D eigenvalue weighted by Gasteiger charge is -2.32. The van der Waals surface area contributed by atoms with Crippen LogP contribution in [0.25, 0.3) is 0 Å². The standard InChI is InChI=1S/C22H24ClN6OP/c1-28-10-12-29(13-11-28)21(30)15-2-4-16(5-3-15)26-22-24-9-8-20(27-22)25-17-6-7-19(31)18(23)14-17/h2-9,14H,10-13,31H2,1H3,(H2,24,25,26,27). The number of amides is 1. The Balaban J connectivity index is 1.40. The normalized spacial score (nSPS) is 14.4. The minimum atomic E-state index is 0.0669. The van der Waals surface area contributed by atoms with Crippen LogP contribution < -0.4 is 15.9 Å². The molecular weight excluding hydrogens is 431 g/mol. The number of benzene rings is 2. The Morgan fingerprint density at radius 2 is 1.71 bits per heavy atom. The summed E-state index contributed by atoms with van der Waals surface area (Å²) >= 11 is 6.17. The molecule has 1 amide bonds. The van der Waals surface area contributed by atoms with Crippen LogP contribution in [0.4, 0.5) is 23.1 Å². The predicted molar refractivity (Wildman–Crippen MR) is 129 cm³/mol. The number of piperazine rings is 1. The molecule has 0 radical (unpaired) electrons. The van der Waals surface area contributed by atoms with Crippen molar-refractivity contribution in [3.8, 4) is 0 Å². The van der Waals surface area contributed by atoms with Gasteiger partial charge in [-0.25, -0.2) is 4.98 Å². The molecule has 0 saturated carbocycles. The first-order chi connectivity index (χ1) is 15.0. The van der Waals surface area contributed by atoms with E-state index >= 15 is 0 Å². The fraction of sp³-hybridized carbons (Fsp3) is 0.227. The van der Waals surface area contributed by atoms with E-state index in [1.165, 1.54) is 0 Å². The molecule has 1 saturated heterocycles. The van der Waals surface area contributed by atoms with Gasteiger partial charge in [0.05, 0.1) is 0 Å². The van der Waals surface area contributed by atoms with Gasteiger partial charge in [-0.2, -0.15) is 4.98 Å². The Hall–Kier alpha value is -2.73. The highest BCUT2D eigenvalue weighted by Crippen LogP contribution is 2.21. The third kappa shape index (κ3) is 5.50. The van der Waals surface area contributed by atoms with Gasteiger partial charge in [0.2, 0.25) is 5.95 Å². The van der Waals surface area contributed by atoms with Crippen molar-refractivity contribution < 1.29 is 4.79 Å². The molecule has 0 aliphatic carbocycles. The molecule has 2 aromatic carbocycles. The lowest BCUT2D eigenvalue weighted by molar-refractivity contribution is 0.0664. The summed E-state index contributed by atoms with van der Waals surface area (Å²) < 4.78 is 0. The first-order valence-electron chi connectivity index (χ1n) is 9.98. The predicted octanol–water partition coefficient (Wildman–Crippen LogP) is 3.51. The van der Waals surface area contributed by atoms with Crippen LogP contribution in [0.15, 0.2) is 54.7 Å². The van der Waals surface area contributed by atoms with Crippen LogP contribution in [0.5, 0.6) is 0 Å². The minimum Gasteiger partial charge on any atom is -0.340 e. The maximum absolute atomic E-state index is 12.7. The monoisotopic (exact) mass is 454 g/mol. The van der Waals surface area contributed by atoms with Gasteiger partial charge >= 0.3 is 0 Å². The molecule has 2 heterocycles. The molecule has 31 heavy (non-hydrogen) atoms. The van der Waals surface area contributed by atoms with Gasteiger partial charge in [0.1, 0.15) is 5.82 Å². The molecule has 3 aromatic rings. The molecule has 7 nitrogen and oxygen atoms in total. The van der Waals surface area contributed by atoms with Crippen molar-refractivity contribution >= 4 is 55.2 Å². The molecule has 0 spiro atoms. The number of anilines is 4. The fourth-order valence-corrected chi connectivity index (χ4v) is 3.62. The lowest BCUT2D eigenvalue weighted by Crippen LogP contribution is -2.47. The van der Waals surface area contributed by atoms with E-state index < -0.39 is 0 Å². The molecule has 0 bridgehead atoms. The van der Waals surface area contributed by atoms with E-state index in [-0.39, 0.29) is 5.91 Å². The molecule has 1 unspecified atom stereocenters. The largest absolute Gasteiger partial charge is 0.340 e. The van der Waals surface area contributed by atoms with Crippen LogP contribution in [0.1, 0.15) is 10.4 Å². The Labute approximate surface area is 189 Å². The van der Waals surface area contributed by atoms with Gasteiger partial charge in [0, 0.05) is 54.3 Å². The van der Waals surface area contributed by atoms with E-state index in [1.807, 2.05) is 47.4 Å². The second kappa shape index (κ2) is 9.60. The van der Waals surface area contributed by atoms with Gasteiger partial charge in [-0.05, 0) is 54.8 Å². The molecule has 1 aromatic heterocycles. The number of hydrogen-bond acceptors (Lipinski definition) is 6. The smallest absolute Gasteiger partial charge is 0.253 e. The van der Waals surface area contributed by atoms with Crippen LogP contribution in [0.3, 0.4) is 0 Å². The maximum atomic E-state index is 12.7. The quantitative estimate of drug-likeness (QED) is 0.575. The molecule has 1 fully saturated rings. The van der Waals surface area contributed by atoms with E-state index in [0.29, 0.717) is 22.4 Å². The van der Waals surface area contributed by atoms with Crippen molar-refractivity contribution in [3.05, 3.63) is 65.3 Å². The van der Waals surface area contributed by atoms with Crippen molar-refractivity contribution in [2.24, 2.45) is 0 Å². The first-order valence-corrected chi connectivity index (χ1v) is 10.9. The maximum Gasteiger partial charge on any atom is 0.253 e. The summed E-state index contributed by atoms with van der Waals surface area (Å²) in [6, 6.07) is 14.9. The molecule has 2 N–H and O–H groups in total. The number of rotatable bonds is 5. The Bertz CT molecular complexity index is 1070. The second-order valence-corrected chi connectivity index (χ2v) is 8.45. The van der Waals surface area contributed by atoms with Crippen molar-refractivity contribution in [1.82, 2.24) is 19.8 Å². The van der Waals surface area contributed by atoms with Gasteiger partial charge in [0.25, 0.3) is 5.91 Å². The van der Waals surface area contributed by atoms with Gasteiger partial charge < -0.3 is 20.4 Å². The number of aromatic nitrogens is 2. The van der Waals surface area contributed by atoms with Gasteiger partial charge in [0.15, 0.2) is 0 Å². The SMILES string of the molecule is CN1CCN(C(=O)c2ccc(Nc3nccc(Nc4ccc(P)c(Cl)c4)n3)cc2)CC1.